The van der Waals surface area contributed by atoms with Crippen molar-refractivity contribution in [2.45, 2.75) is 13.0 Å². The van der Waals surface area contributed by atoms with Gasteiger partial charge in [-0.3, -0.25) is 9.78 Å². The van der Waals surface area contributed by atoms with Gasteiger partial charge in [-0.1, -0.05) is 0 Å². The highest BCUT2D eigenvalue weighted by atomic mass is 16.4. The molecule has 6 heteroatoms. The van der Waals surface area contributed by atoms with Crippen molar-refractivity contribution in [3.8, 4) is 0 Å². The maximum absolute atomic E-state index is 11.5. The summed E-state index contributed by atoms with van der Waals surface area (Å²) in [5, 5.41) is 11.2. The Hall–Kier alpha value is -2.11. The van der Waals surface area contributed by atoms with Crippen LogP contribution in [0.4, 0.5) is 4.79 Å². The predicted molar refractivity (Wildman–Crippen MR) is 61.4 cm³/mol. The molecule has 0 fully saturated rings. The Bertz CT molecular complexity index is 381. The van der Waals surface area contributed by atoms with Gasteiger partial charge in [0.05, 0.1) is 6.42 Å². The Balaban J connectivity index is 2.32. The third-order valence-corrected chi connectivity index (χ3v) is 2.20. The SMILES string of the molecule is CN(CCC(=O)O)C(=O)NCc1ccncc1. The van der Waals surface area contributed by atoms with Crippen molar-refractivity contribution in [2.75, 3.05) is 13.6 Å². The van der Waals surface area contributed by atoms with Crippen LogP contribution in [-0.2, 0) is 11.3 Å². The highest BCUT2D eigenvalue weighted by Gasteiger charge is 2.09. The lowest BCUT2D eigenvalue weighted by Gasteiger charge is -2.16. The predicted octanol–water partition coefficient (Wildman–Crippen LogP) is 0.698. The van der Waals surface area contributed by atoms with E-state index < -0.39 is 5.97 Å². The van der Waals surface area contributed by atoms with Crippen LogP contribution in [0.5, 0.6) is 0 Å². The molecule has 0 aliphatic carbocycles. The molecule has 1 rings (SSSR count). The van der Waals surface area contributed by atoms with Crippen molar-refractivity contribution in [3.05, 3.63) is 30.1 Å². The minimum absolute atomic E-state index is 0.0564. The van der Waals surface area contributed by atoms with Crippen molar-refractivity contribution in [2.24, 2.45) is 0 Å². The number of hydrogen-bond donors (Lipinski definition) is 2. The van der Waals surface area contributed by atoms with E-state index in [0.717, 1.165) is 5.56 Å². The smallest absolute Gasteiger partial charge is 0.317 e. The number of urea groups is 1. The molecule has 0 aliphatic heterocycles. The molecule has 0 unspecified atom stereocenters. The van der Waals surface area contributed by atoms with Crippen LogP contribution in [0.1, 0.15) is 12.0 Å². The number of pyridine rings is 1. The normalized spacial score (nSPS) is 9.71. The van der Waals surface area contributed by atoms with Gasteiger partial charge in [0.25, 0.3) is 0 Å². The Morgan fingerprint density at radius 3 is 2.65 bits per heavy atom. The van der Waals surface area contributed by atoms with E-state index >= 15 is 0 Å². The van der Waals surface area contributed by atoms with Crippen LogP contribution in [0.15, 0.2) is 24.5 Å². The van der Waals surface area contributed by atoms with Crippen molar-refractivity contribution in [1.29, 1.82) is 0 Å². The molecule has 0 aromatic carbocycles. The molecule has 0 aliphatic rings. The molecule has 2 N–H and O–H groups in total. The number of hydrogen-bond acceptors (Lipinski definition) is 3. The number of nitrogens with zero attached hydrogens (tertiary/aromatic N) is 2. The molecule has 0 saturated carbocycles. The summed E-state index contributed by atoms with van der Waals surface area (Å²) in [6, 6.07) is 3.32. The van der Waals surface area contributed by atoms with Crippen LogP contribution in [0.2, 0.25) is 0 Å². The van der Waals surface area contributed by atoms with Crippen LogP contribution in [0, 0.1) is 0 Å². The summed E-state index contributed by atoms with van der Waals surface area (Å²) in [7, 11) is 1.56. The number of carboxylic acids is 1. The zero-order valence-corrected chi connectivity index (χ0v) is 9.59. The van der Waals surface area contributed by atoms with Crippen molar-refractivity contribution < 1.29 is 14.7 Å². The first-order chi connectivity index (χ1) is 8.09. The standard InChI is InChI=1S/C11H15N3O3/c1-14(7-4-10(15)16)11(17)13-8-9-2-5-12-6-3-9/h2-3,5-6H,4,7-8H2,1H3,(H,13,17)(H,15,16). The summed E-state index contributed by atoms with van der Waals surface area (Å²) in [6.07, 6.45) is 3.24. The maximum Gasteiger partial charge on any atom is 0.317 e. The Kier molecular flexibility index (Phi) is 4.93. The second-order valence-corrected chi connectivity index (χ2v) is 3.58. The van der Waals surface area contributed by atoms with Crippen LogP contribution < -0.4 is 5.32 Å². The average Bonchev–Trinajstić information content (AvgIpc) is 2.34. The first kappa shape index (κ1) is 13.0. The monoisotopic (exact) mass is 237 g/mol. The van der Waals surface area contributed by atoms with Crippen LogP contribution in [0.3, 0.4) is 0 Å². The molecule has 17 heavy (non-hydrogen) atoms. The summed E-state index contributed by atoms with van der Waals surface area (Å²) in [5.74, 6) is -0.918. The molecule has 0 saturated heterocycles. The summed E-state index contributed by atoms with van der Waals surface area (Å²) < 4.78 is 0. The van der Waals surface area contributed by atoms with Crippen molar-refractivity contribution >= 4 is 12.0 Å². The number of nitrogens with one attached hydrogen (secondary N) is 1. The molecule has 0 bridgehead atoms. The fraction of sp³-hybridized carbons (Fsp3) is 0.364. The first-order valence-electron chi connectivity index (χ1n) is 5.19. The van der Waals surface area contributed by atoms with E-state index in [2.05, 4.69) is 10.3 Å². The summed E-state index contributed by atoms with van der Waals surface area (Å²) in [5.41, 5.74) is 0.944. The molecule has 1 heterocycles. The lowest BCUT2D eigenvalue weighted by Crippen LogP contribution is -2.37. The fourth-order valence-electron chi connectivity index (χ4n) is 1.18. The number of aromatic nitrogens is 1. The lowest BCUT2D eigenvalue weighted by atomic mass is 10.3. The number of rotatable bonds is 5. The topological polar surface area (TPSA) is 82.5 Å². The number of carboxylic acid groups (broad SMARTS) is 1. The van der Waals surface area contributed by atoms with Gasteiger partial charge in [-0.05, 0) is 17.7 Å². The third kappa shape index (κ3) is 4.96. The highest BCUT2D eigenvalue weighted by molar-refractivity contribution is 5.74. The van der Waals surface area contributed by atoms with Gasteiger partial charge in [0.15, 0.2) is 0 Å². The number of amides is 2. The maximum atomic E-state index is 11.5. The fourth-order valence-corrected chi connectivity index (χ4v) is 1.18. The molecule has 92 valence electrons. The quantitative estimate of drug-likeness (QED) is 0.789. The van der Waals surface area contributed by atoms with Gasteiger partial charge >= 0.3 is 12.0 Å². The van der Waals surface area contributed by atoms with Gasteiger partial charge in [0.2, 0.25) is 0 Å². The van der Waals surface area contributed by atoms with Gasteiger partial charge in [-0.15, -0.1) is 0 Å². The average molecular weight is 237 g/mol. The van der Waals surface area contributed by atoms with Crippen LogP contribution in [0.25, 0.3) is 0 Å². The molecular weight excluding hydrogens is 222 g/mol. The molecule has 6 nitrogen and oxygen atoms in total. The molecular formula is C11H15N3O3. The van der Waals surface area contributed by atoms with E-state index in [9.17, 15) is 9.59 Å². The van der Waals surface area contributed by atoms with Gasteiger partial charge in [-0.25, -0.2) is 4.79 Å². The Morgan fingerprint density at radius 1 is 1.41 bits per heavy atom. The summed E-state index contributed by atoms with van der Waals surface area (Å²) in [6.45, 7) is 0.594. The number of carbonyl (C=O) groups excluding carboxylic acids is 1. The molecule has 0 radical (unpaired) electrons. The summed E-state index contributed by atoms with van der Waals surface area (Å²) >= 11 is 0. The van der Waals surface area contributed by atoms with E-state index in [-0.39, 0.29) is 19.0 Å². The van der Waals surface area contributed by atoms with E-state index in [1.54, 1.807) is 31.6 Å². The molecule has 0 spiro atoms. The second kappa shape index (κ2) is 6.47. The van der Waals surface area contributed by atoms with Crippen LogP contribution >= 0.6 is 0 Å². The number of carbonyl (C=O) groups is 2. The molecule has 2 amide bonds. The van der Waals surface area contributed by atoms with Crippen LogP contribution in [-0.4, -0.2) is 40.6 Å². The van der Waals surface area contributed by atoms with Gasteiger partial charge in [0, 0.05) is 32.5 Å². The van der Waals surface area contributed by atoms with Crippen molar-refractivity contribution in [3.63, 3.8) is 0 Å². The minimum Gasteiger partial charge on any atom is -0.481 e. The summed E-state index contributed by atoms with van der Waals surface area (Å²) in [4.78, 5) is 27.1. The molecule has 1 aromatic rings. The van der Waals surface area contributed by atoms with E-state index in [1.807, 2.05) is 0 Å². The Morgan fingerprint density at radius 2 is 2.06 bits per heavy atom. The first-order valence-corrected chi connectivity index (χ1v) is 5.19. The minimum atomic E-state index is -0.918. The largest absolute Gasteiger partial charge is 0.481 e. The molecule has 1 aromatic heterocycles. The van der Waals surface area contributed by atoms with E-state index in [1.165, 1.54) is 4.90 Å². The van der Waals surface area contributed by atoms with Gasteiger partial charge < -0.3 is 15.3 Å². The van der Waals surface area contributed by atoms with Gasteiger partial charge in [0.1, 0.15) is 0 Å². The van der Waals surface area contributed by atoms with E-state index in [4.69, 9.17) is 5.11 Å². The van der Waals surface area contributed by atoms with Crippen molar-refractivity contribution in [1.82, 2.24) is 15.2 Å². The Labute approximate surface area is 99.3 Å². The zero-order chi connectivity index (χ0) is 12.7. The molecule has 0 atom stereocenters. The second-order valence-electron chi connectivity index (χ2n) is 3.58. The number of aliphatic carboxylic acids is 1. The van der Waals surface area contributed by atoms with E-state index in [0.29, 0.717) is 6.54 Å². The zero-order valence-electron chi connectivity index (χ0n) is 9.59. The van der Waals surface area contributed by atoms with Gasteiger partial charge in [-0.2, -0.15) is 0 Å². The highest BCUT2D eigenvalue weighted by Crippen LogP contribution is 1.96. The third-order valence-electron chi connectivity index (χ3n) is 2.20. The lowest BCUT2D eigenvalue weighted by molar-refractivity contribution is -0.137.